The molecule has 0 spiro atoms. The van der Waals surface area contributed by atoms with Crippen LogP contribution in [0.25, 0.3) is 0 Å². The van der Waals surface area contributed by atoms with Gasteiger partial charge in [-0.3, -0.25) is 0 Å². The lowest BCUT2D eigenvalue weighted by Gasteiger charge is -2.08. The summed E-state index contributed by atoms with van der Waals surface area (Å²) < 4.78 is 5.53. The van der Waals surface area contributed by atoms with Gasteiger partial charge in [0.1, 0.15) is 17.4 Å². The number of aromatic nitrogens is 2. The summed E-state index contributed by atoms with van der Waals surface area (Å²) in [6.07, 6.45) is 1.42. The Morgan fingerprint density at radius 3 is 2.72 bits per heavy atom. The molecule has 0 radical (unpaired) electrons. The predicted molar refractivity (Wildman–Crippen MR) is 62.7 cm³/mol. The average molecular weight is 236 g/mol. The number of hydrogen-bond acceptors (Lipinski definition) is 5. The quantitative estimate of drug-likeness (QED) is 0.799. The monoisotopic (exact) mass is 236 g/mol. The Labute approximate surface area is 104 Å². The Morgan fingerprint density at radius 2 is 2.00 bits per heavy atom. The van der Waals surface area contributed by atoms with E-state index >= 15 is 0 Å². The molecule has 5 heteroatoms. The van der Waals surface area contributed by atoms with E-state index in [0.717, 1.165) is 5.56 Å². The van der Waals surface area contributed by atoms with Crippen LogP contribution in [0.3, 0.4) is 0 Å². The summed E-state index contributed by atoms with van der Waals surface area (Å²) in [5.74, 6) is 0.629. The van der Waals surface area contributed by atoms with E-state index in [2.05, 4.69) is 10.2 Å². The van der Waals surface area contributed by atoms with E-state index in [0.29, 0.717) is 16.9 Å². The van der Waals surface area contributed by atoms with E-state index in [-0.39, 0.29) is 5.88 Å². The van der Waals surface area contributed by atoms with E-state index in [9.17, 15) is 0 Å². The van der Waals surface area contributed by atoms with Crippen molar-refractivity contribution in [2.24, 2.45) is 0 Å². The Kier molecular flexibility index (Phi) is 3.17. The average Bonchev–Trinajstić information content (AvgIpc) is 2.42. The molecule has 86 valence electrons. The van der Waals surface area contributed by atoms with Gasteiger partial charge in [0.05, 0.1) is 17.8 Å². The molecule has 0 unspecified atom stereocenters. The molecule has 18 heavy (non-hydrogen) atoms. The van der Waals surface area contributed by atoms with Crippen LogP contribution in [-0.2, 0) is 0 Å². The van der Waals surface area contributed by atoms with Gasteiger partial charge < -0.3 is 4.74 Å². The van der Waals surface area contributed by atoms with E-state index in [1.807, 2.05) is 19.1 Å². The molecule has 5 nitrogen and oxygen atoms in total. The highest BCUT2D eigenvalue weighted by Crippen LogP contribution is 2.26. The zero-order chi connectivity index (χ0) is 13.0. The number of aryl methyl sites for hydroxylation is 1. The maximum Gasteiger partial charge on any atom is 0.256 e. The van der Waals surface area contributed by atoms with Crippen molar-refractivity contribution in [2.75, 3.05) is 0 Å². The smallest absolute Gasteiger partial charge is 0.256 e. The van der Waals surface area contributed by atoms with Gasteiger partial charge in [-0.2, -0.15) is 15.6 Å². The van der Waals surface area contributed by atoms with E-state index < -0.39 is 0 Å². The van der Waals surface area contributed by atoms with Crippen LogP contribution < -0.4 is 4.74 Å². The van der Waals surface area contributed by atoms with Crippen molar-refractivity contribution < 1.29 is 4.74 Å². The Morgan fingerprint density at radius 1 is 1.17 bits per heavy atom. The third-order valence-corrected chi connectivity index (χ3v) is 2.33. The predicted octanol–water partition coefficient (Wildman–Crippen LogP) is 2.32. The lowest BCUT2D eigenvalue weighted by Crippen LogP contribution is -1.95. The normalized spacial score (nSPS) is 9.28. The van der Waals surface area contributed by atoms with Crippen molar-refractivity contribution in [3.05, 3.63) is 47.2 Å². The molecule has 0 fully saturated rings. The topological polar surface area (TPSA) is 82.6 Å². The molecule has 0 saturated heterocycles. The maximum atomic E-state index is 8.92. The summed E-state index contributed by atoms with van der Waals surface area (Å²) in [7, 11) is 0. The lowest BCUT2D eigenvalue weighted by atomic mass is 10.1. The molecule has 0 N–H and O–H groups in total. The molecule has 2 rings (SSSR count). The second-order valence-corrected chi connectivity index (χ2v) is 3.56. The van der Waals surface area contributed by atoms with Crippen LogP contribution in [0.5, 0.6) is 11.6 Å². The molecule has 1 aromatic heterocycles. The maximum absolute atomic E-state index is 8.92. The summed E-state index contributed by atoms with van der Waals surface area (Å²) in [5.41, 5.74) is 1.63. The Hall–Kier alpha value is -2.92. The highest BCUT2D eigenvalue weighted by atomic mass is 16.5. The van der Waals surface area contributed by atoms with E-state index in [1.54, 1.807) is 18.2 Å². The van der Waals surface area contributed by atoms with Gasteiger partial charge in [0.2, 0.25) is 0 Å². The van der Waals surface area contributed by atoms with Gasteiger partial charge in [-0.15, -0.1) is 5.10 Å². The van der Waals surface area contributed by atoms with Crippen LogP contribution in [0, 0.1) is 29.6 Å². The standard InChI is InChI=1S/C13H8N4O/c1-9-2-3-10(7-14)6-12(9)18-13-11(8-15)4-5-16-17-13/h2-6H,1H3. The van der Waals surface area contributed by atoms with Crippen molar-refractivity contribution in [2.45, 2.75) is 6.92 Å². The summed E-state index contributed by atoms with van der Waals surface area (Å²) in [4.78, 5) is 0. The molecule has 0 aliphatic heterocycles. The molecule has 0 bridgehead atoms. The molecule has 1 heterocycles. The fraction of sp³-hybridized carbons (Fsp3) is 0.0769. The summed E-state index contributed by atoms with van der Waals surface area (Å²) in [5, 5.41) is 25.2. The SMILES string of the molecule is Cc1ccc(C#N)cc1Oc1nnccc1C#N. The van der Waals surface area contributed by atoms with Crippen molar-refractivity contribution >= 4 is 0 Å². The highest BCUT2D eigenvalue weighted by molar-refractivity contribution is 5.45. The second kappa shape index (κ2) is 4.94. The zero-order valence-electron chi connectivity index (χ0n) is 9.58. The van der Waals surface area contributed by atoms with Crippen molar-refractivity contribution in [1.82, 2.24) is 10.2 Å². The minimum atomic E-state index is 0.137. The molecule has 0 atom stereocenters. The third-order valence-electron chi connectivity index (χ3n) is 2.33. The molecule has 0 aliphatic carbocycles. The van der Waals surface area contributed by atoms with Gasteiger partial charge in [-0.25, -0.2) is 0 Å². The fourth-order valence-corrected chi connectivity index (χ4v) is 1.36. The largest absolute Gasteiger partial charge is 0.436 e. The van der Waals surface area contributed by atoms with Gasteiger partial charge in [-0.05, 0) is 30.7 Å². The number of nitriles is 2. The lowest BCUT2D eigenvalue weighted by molar-refractivity contribution is 0.450. The summed E-state index contributed by atoms with van der Waals surface area (Å²) >= 11 is 0. The van der Waals surface area contributed by atoms with Crippen molar-refractivity contribution in [3.8, 4) is 23.8 Å². The highest BCUT2D eigenvalue weighted by Gasteiger charge is 2.08. The number of ether oxygens (including phenoxy) is 1. The first-order valence-corrected chi connectivity index (χ1v) is 5.15. The summed E-state index contributed by atoms with van der Waals surface area (Å²) in [6, 6.07) is 10.6. The van der Waals surface area contributed by atoms with E-state index in [4.69, 9.17) is 15.3 Å². The van der Waals surface area contributed by atoms with Crippen molar-refractivity contribution in [1.29, 1.82) is 10.5 Å². The first kappa shape index (κ1) is 11.6. The van der Waals surface area contributed by atoms with E-state index in [1.165, 1.54) is 12.3 Å². The van der Waals surface area contributed by atoms with Crippen LogP contribution in [0.15, 0.2) is 30.5 Å². The first-order valence-electron chi connectivity index (χ1n) is 5.15. The van der Waals surface area contributed by atoms with Crippen LogP contribution in [0.4, 0.5) is 0 Å². The molecule has 0 aliphatic rings. The molecular weight excluding hydrogens is 228 g/mol. The zero-order valence-corrected chi connectivity index (χ0v) is 9.58. The second-order valence-electron chi connectivity index (χ2n) is 3.56. The Bertz CT molecular complexity index is 667. The van der Waals surface area contributed by atoms with Crippen LogP contribution in [0.1, 0.15) is 16.7 Å². The van der Waals surface area contributed by atoms with Crippen LogP contribution >= 0.6 is 0 Å². The van der Waals surface area contributed by atoms with Gasteiger partial charge in [-0.1, -0.05) is 6.07 Å². The minimum Gasteiger partial charge on any atom is -0.436 e. The van der Waals surface area contributed by atoms with Gasteiger partial charge in [0.25, 0.3) is 5.88 Å². The van der Waals surface area contributed by atoms with Gasteiger partial charge >= 0.3 is 0 Å². The molecule has 2 aromatic rings. The summed E-state index contributed by atoms with van der Waals surface area (Å²) in [6.45, 7) is 1.85. The number of hydrogen-bond donors (Lipinski definition) is 0. The van der Waals surface area contributed by atoms with Crippen LogP contribution in [0.2, 0.25) is 0 Å². The first-order chi connectivity index (χ1) is 8.74. The number of rotatable bonds is 2. The number of nitrogens with zero attached hydrogens (tertiary/aromatic N) is 4. The Balaban J connectivity index is 2.41. The number of benzene rings is 1. The van der Waals surface area contributed by atoms with Crippen molar-refractivity contribution in [3.63, 3.8) is 0 Å². The van der Waals surface area contributed by atoms with Gasteiger partial charge in [0, 0.05) is 0 Å². The van der Waals surface area contributed by atoms with Crippen LogP contribution in [-0.4, -0.2) is 10.2 Å². The minimum absolute atomic E-state index is 0.137. The molecule has 0 saturated carbocycles. The third kappa shape index (κ3) is 2.26. The fourth-order valence-electron chi connectivity index (χ4n) is 1.36. The molecule has 1 aromatic carbocycles. The van der Waals surface area contributed by atoms with Gasteiger partial charge in [0.15, 0.2) is 0 Å². The molecule has 0 amide bonds. The molecular formula is C13H8N4O.